The van der Waals surface area contributed by atoms with Crippen molar-refractivity contribution in [1.82, 2.24) is 0 Å². The second-order valence-electron chi connectivity index (χ2n) is 3.70. The fourth-order valence-electron chi connectivity index (χ4n) is 2.00. The van der Waals surface area contributed by atoms with Crippen LogP contribution in [0, 0.1) is 5.92 Å². The molecule has 0 aromatic rings. The Morgan fingerprint density at radius 1 is 1.50 bits per heavy atom. The smallest absolute Gasteiger partial charge is 0.0195 e. The SMILES string of the molecule is CC1SCCC1C1(N)CC1. The third-order valence-corrected chi connectivity index (χ3v) is 4.27. The Labute approximate surface area is 66.7 Å². The standard InChI is InChI=1S/C8H15NS/c1-6-7(2-5-10-6)8(9)3-4-8/h6-7H,2-5,9H2,1H3. The van der Waals surface area contributed by atoms with Crippen LogP contribution in [0.3, 0.4) is 0 Å². The summed E-state index contributed by atoms with van der Waals surface area (Å²) in [5.41, 5.74) is 6.41. The number of nitrogens with two attached hydrogens (primary N) is 1. The normalized spacial score (nSPS) is 43.8. The average Bonchev–Trinajstić information content (AvgIpc) is 2.44. The van der Waals surface area contributed by atoms with Gasteiger partial charge in [0.25, 0.3) is 0 Å². The van der Waals surface area contributed by atoms with Crippen molar-refractivity contribution in [3.8, 4) is 0 Å². The first-order valence-corrected chi connectivity index (χ1v) is 5.18. The largest absolute Gasteiger partial charge is 0.325 e. The maximum Gasteiger partial charge on any atom is 0.0195 e. The predicted molar refractivity (Wildman–Crippen MR) is 46.2 cm³/mol. The van der Waals surface area contributed by atoms with Gasteiger partial charge in [0.2, 0.25) is 0 Å². The molecule has 1 saturated carbocycles. The Balaban J connectivity index is 2.03. The lowest BCUT2D eigenvalue weighted by molar-refractivity contribution is 0.406. The molecule has 2 fully saturated rings. The zero-order valence-corrected chi connectivity index (χ0v) is 7.29. The first-order chi connectivity index (χ1) is 4.72. The summed E-state index contributed by atoms with van der Waals surface area (Å²) in [7, 11) is 0. The molecule has 0 amide bonds. The van der Waals surface area contributed by atoms with Crippen LogP contribution in [0.4, 0.5) is 0 Å². The van der Waals surface area contributed by atoms with Crippen molar-refractivity contribution in [2.24, 2.45) is 11.7 Å². The molecule has 58 valence electrons. The molecule has 2 atom stereocenters. The first-order valence-electron chi connectivity index (χ1n) is 4.13. The second-order valence-corrected chi connectivity index (χ2v) is 5.19. The monoisotopic (exact) mass is 157 g/mol. The van der Waals surface area contributed by atoms with Gasteiger partial charge in [-0.3, -0.25) is 0 Å². The third kappa shape index (κ3) is 0.978. The van der Waals surface area contributed by atoms with Crippen molar-refractivity contribution >= 4 is 11.8 Å². The highest BCUT2D eigenvalue weighted by atomic mass is 32.2. The minimum atomic E-state index is 0.281. The van der Waals surface area contributed by atoms with Crippen LogP contribution < -0.4 is 5.73 Å². The number of rotatable bonds is 1. The van der Waals surface area contributed by atoms with Crippen LogP contribution in [0.5, 0.6) is 0 Å². The summed E-state index contributed by atoms with van der Waals surface area (Å²) in [6, 6.07) is 0. The van der Waals surface area contributed by atoms with Crippen LogP contribution in [0.25, 0.3) is 0 Å². The van der Waals surface area contributed by atoms with Crippen LogP contribution in [-0.4, -0.2) is 16.5 Å². The molecule has 2 rings (SSSR count). The highest BCUT2D eigenvalue weighted by Gasteiger charge is 2.49. The van der Waals surface area contributed by atoms with Gasteiger partial charge in [-0.05, 0) is 30.9 Å². The number of hydrogen-bond donors (Lipinski definition) is 1. The van der Waals surface area contributed by atoms with Crippen molar-refractivity contribution in [2.75, 3.05) is 5.75 Å². The molecule has 0 aromatic heterocycles. The fourth-order valence-corrected chi connectivity index (χ4v) is 3.40. The maximum absolute atomic E-state index is 6.13. The third-order valence-electron chi connectivity index (χ3n) is 2.94. The van der Waals surface area contributed by atoms with Gasteiger partial charge in [0.05, 0.1) is 0 Å². The summed E-state index contributed by atoms with van der Waals surface area (Å²) < 4.78 is 0. The molecular weight excluding hydrogens is 142 g/mol. The fraction of sp³-hybridized carbons (Fsp3) is 1.00. The average molecular weight is 157 g/mol. The summed E-state index contributed by atoms with van der Waals surface area (Å²) in [5.74, 6) is 2.17. The Morgan fingerprint density at radius 2 is 2.20 bits per heavy atom. The maximum atomic E-state index is 6.13. The van der Waals surface area contributed by atoms with Gasteiger partial charge >= 0.3 is 0 Å². The lowest BCUT2D eigenvalue weighted by Gasteiger charge is -2.21. The zero-order valence-electron chi connectivity index (χ0n) is 6.47. The molecule has 0 aromatic carbocycles. The highest BCUT2D eigenvalue weighted by molar-refractivity contribution is 8.00. The summed E-state index contributed by atoms with van der Waals surface area (Å²) in [4.78, 5) is 0. The molecule has 1 saturated heterocycles. The van der Waals surface area contributed by atoms with E-state index in [1.807, 2.05) is 0 Å². The minimum absolute atomic E-state index is 0.281. The van der Waals surface area contributed by atoms with Gasteiger partial charge in [-0.1, -0.05) is 6.92 Å². The topological polar surface area (TPSA) is 26.0 Å². The van der Waals surface area contributed by atoms with Crippen LogP contribution in [0.2, 0.25) is 0 Å². The second kappa shape index (κ2) is 2.15. The zero-order chi connectivity index (χ0) is 7.19. The van der Waals surface area contributed by atoms with E-state index in [4.69, 9.17) is 5.73 Å². The van der Waals surface area contributed by atoms with Crippen LogP contribution in [0.1, 0.15) is 26.2 Å². The molecule has 1 nitrogen and oxygen atoms in total. The Kier molecular flexibility index (Phi) is 1.50. The van der Waals surface area contributed by atoms with E-state index in [-0.39, 0.29) is 5.54 Å². The molecule has 1 aliphatic carbocycles. The minimum Gasteiger partial charge on any atom is -0.325 e. The van der Waals surface area contributed by atoms with E-state index in [1.165, 1.54) is 25.0 Å². The van der Waals surface area contributed by atoms with E-state index in [0.717, 1.165) is 11.2 Å². The van der Waals surface area contributed by atoms with E-state index in [1.54, 1.807) is 0 Å². The van der Waals surface area contributed by atoms with Gasteiger partial charge in [-0.25, -0.2) is 0 Å². The highest BCUT2D eigenvalue weighted by Crippen LogP contribution is 2.49. The van der Waals surface area contributed by atoms with Gasteiger partial charge in [0, 0.05) is 10.8 Å². The van der Waals surface area contributed by atoms with E-state index < -0.39 is 0 Å². The Hall–Kier alpha value is 0.310. The summed E-state index contributed by atoms with van der Waals surface area (Å²) in [5, 5.41) is 0.826. The summed E-state index contributed by atoms with van der Waals surface area (Å²) in [6.45, 7) is 2.33. The van der Waals surface area contributed by atoms with Crippen molar-refractivity contribution < 1.29 is 0 Å². The van der Waals surface area contributed by atoms with Crippen molar-refractivity contribution in [3.05, 3.63) is 0 Å². The van der Waals surface area contributed by atoms with Crippen molar-refractivity contribution in [2.45, 2.75) is 37.0 Å². The molecule has 1 aliphatic heterocycles. The van der Waals surface area contributed by atoms with Gasteiger partial charge < -0.3 is 5.73 Å². The van der Waals surface area contributed by atoms with E-state index in [2.05, 4.69) is 18.7 Å². The number of thioether (sulfide) groups is 1. The van der Waals surface area contributed by atoms with Crippen LogP contribution in [0.15, 0.2) is 0 Å². The van der Waals surface area contributed by atoms with Crippen LogP contribution in [-0.2, 0) is 0 Å². The number of hydrogen-bond acceptors (Lipinski definition) is 2. The Morgan fingerprint density at radius 3 is 2.60 bits per heavy atom. The quantitative estimate of drug-likeness (QED) is 0.626. The first kappa shape index (κ1) is 6.99. The molecule has 10 heavy (non-hydrogen) atoms. The van der Waals surface area contributed by atoms with Gasteiger partial charge in [0.1, 0.15) is 0 Å². The van der Waals surface area contributed by atoms with E-state index >= 15 is 0 Å². The van der Waals surface area contributed by atoms with Crippen molar-refractivity contribution in [1.29, 1.82) is 0 Å². The summed E-state index contributed by atoms with van der Waals surface area (Å²) in [6.07, 6.45) is 3.92. The van der Waals surface area contributed by atoms with E-state index in [9.17, 15) is 0 Å². The Bertz CT molecular complexity index is 142. The molecule has 2 unspecified atom stereocenters. The molecule has 2 aliphatic rings. The van der Waals surface area contributed by atoms with Gasteiger partial charge in [0.15, 0.2) is 0 Å². The van der Waals surface area contributed by atoms with Gasteiger partial charge in [-0.2, -0.15) is 11.8 Å². The molecule has 1 heterocycles. The lowest BCUT2D eigenvalue weighted by atomic mass is 9.93. The molecule has 0 bridgehead atoms. The molecule has 2 N–H and O–H groups in total. The molecule has 2 heteroatoms. The molecule has 0 radical (unpaired) electrons. The molecule has 0 spiro atoms. The van der Waals surface area contributed by atoms with E-state index in [0.29, 0.717) is 0 Å². The van der Waals surface area contributed by atoms with Crippen LogP contribution >= 0.6 is 11.8 Å². The summed E-state index contributed by atoms with van der Waals surface area (Å²) >= 11 is 2.09. The lowest BCUT2D eigenvalue weighted by Crippen LogP contribution is -2.35. The molecular formula is C8H15NS. The predicted octanol–water partition coefficient (Wildman–Crippen LogP) is 1.62. The van der Waals surface area contributed by atoms with Crippen molar-refractivity contribution in [3.63, 3.8) is 0 Å². The van der Waals surface area contributed by atoms with Gasteiger partial charge in [-0.15, -0.1) is 0 Å².